The van der Waals surface area contributed by atoms with E-state index in [4.69, 9.17) is 0 Å². The zero-order valence-corrected chi connectivity index (χ0v) is 12.3. The van der Waals surface area contributed by atoms with E-state index >= 15 is 0 Å². The second-order valence-electron chi connectivity index (χ2n) is 5.35. The van der Waals surface area contributed by atoms with Crippen molar-refractivity contribution in [1.29, 1.82) is 0 Å². The van der Waals surface area contributed by atoms with Crippen LogP contribution >= 0.6 is 0 Å². The third-order valence-corrected chi connectivity index (χ3v) is 3.48. The first-order valence-electron chi connectivity index (χ1n) is 7.75. The molecule has 0 N–H and O–H groups in total. The zero-order valence-electron chi connectivity index (χ0n) is 12.3. The number of aryl methyl sites for hydroxylation is 2. The first kappa shape index (κ1) is 15.2. The van der Waals surface area contributed by atoms with Crippen molar-refractivity contribution < 1.29 is 0 Å². The van der Waals surface area contributed by atoms with E-state index in [9.17, 15) is 0 Å². The molecule has 0 amide bonds. The summed E-state index contributed by atoms with van der Waals surface area (Å²) in [7, 11) is 0. The summed E-state index contributed by atoms with van der Waals surface area (Å²) in [4.78, 5) is 4.54. The van der Waals surface area contributed by atoms with E-state index in [1.165, 1.54) is 63.5 Å². The Labute approximate surface area is 113 Å². The molecule has 0 spiro atoms. The van der Waals surface area contributed by atoms with Crippen molar-refractivity contribution in [2.75, 3.05) is 0 Å². The Balaban J connectivity index is 1.92. The van der Waals surface area contributed by atoms with Crippen molar-refractivity contribution in [1.82, 2.24) is 4.98 Å². The molecular formula is C17H29N. The van der Waals surface area contributed by atoms with Gasteiger partial charge in [0.25, 0.3) is 0 Å². The third kappa shape index (κ3) is 7.47. The van der Waals surface area contributed by atoms with Crippen molar-refractivity contribution in [2.45, 2.75) is 78.1 Å². The summed E-state index contributed by atoms with van der Waals surface area (Å²) in [6, 6.07) is 6.34. The highest BCUT2D eigenvalue weighted by Crippen LogP contribution is 2.11. The Hall–Kier alpha value is -0.850. The molecule has 0 aliphatic carbocycles. The summed E-state index contributed by atoms with van der Waals surface area (Å²) in [5.41, 5.74) is 2.40. The van der Waals surface area contributed by atoms with Gasteiger partial charge in [0.05, 0.1) is 0 Å². The average molecular weight is 247 g/mol. The quantitative estimate of drug-likeness (QED) is 0.500. The molecule has 18 heavy (non-hydrogen) atoms. The van der Waals surface area contributed by atoms with Crippen LogP contribution in [0.3, 0.4) is 0 Å². The second kappa shape index (κ2) is 10.1. The molecule has 0 bridgehead atoms. The molecule has 0 atom stereocenters. The van der Waals surface area contributed by atoms with Crippen LogP contribution in [0.2, 0.25) is 0 Å². The molecule has 0 aromatic carbocycles. The molecule has 0 fully saturated rings. The molecule has 1 heteroatoms. The summed E-state index contributed by atoms with van der Waals surface area (Å²) in [6.45, 7) is 4.35. The van der Waals surface area contributed by atoms with Gasteiger partial charge < -0.3 is 0 Å². The van der Waals surface area contributed by atoms with Crippen molar-refractivity contribution in [2.24, 2.45) is 0 Å². The number of pyridine rings is 1. The number of unbranched alkanes of at least 4 members (excludes halogenated alkanes) is 8. The molecule has 1 nitrogen and oxygen atoms in total. The first-order chi connectivity index (χ1) is 8.83. The minimum atomic E-state index is 1.14. The molecule has 102 valence electrons. The predicted octanol–water partition coefficient (Wildman–Crippen LogP) is 5.46. The van der Waals surface area contributed by atoms with Crippen molar-refractivity contribution in [3.05, 3.63) is 29.6 Å². The number of nitrogens with zero attached hydrogens (tertiary/aromatic N) is 1. The van der Waals surface area contributed by atoms with Crippen LogP contribution in [0, 0.1) is 6.92 Å². The van der Waals surface area contributed by atoms with Crippen LogP contribution in [0.5, 0.6) is 0 Å². The predicted molar refractivity (Wildman–Crippen MR) is 79.9 cm³/mol. The van der Waals surface area contributed by atoms with Crippen molar-refractivity contribution >= 4 is 0 Å². The highest BCUT2D eigenvalue weighted by Gasteiger charge is 1.96. The lowest BCUT2D eigenvalue weighted by molar-refractivity contribution is 0.563. The average Bonchev–Trinajstić information content (AvgIpc) is 2.37. The topological polar surface area (TPSA) is 12.9 Å². The molecule has 1 aromatic rings. The van der Waals surface area contributed by atoms with Gasteiger partial charge >= 0.3 is 0 Å². The summed E-state index contributed by atoms with van der Waals surface area (Å²) in [5, 5.41) is 0. The number of hydrogen-bond donors (Lipinski definition) is 0. The van der Waals surface area contributed by atoms with E-state index in [0.717, 1.165) is 12.1 Å². The minimum Gasteiger partial charge on any atom is -0.258 e. The summed E-state index contributed by atoms with van der Waals surface area (Å²) in [6.07, 6.45) is 13.7. The molecule has 1 aromatic heterocycles. The van der Waals surface area contributed by atoms with Crippen LogP contribution in [0.4, 0.5) is 0 Å². The molecule has 0 radical (unpaired) electrons. The van der Waals surface area contributed by atoms with Crippen LogP contribution in [0.1, 0.15) is 76.1 Å². The lowest BCUT2D eigenvalue weighted by Gasteiger charge is -2.03. The maximum atomic E-state index is 4.54. The monoisotopic (exact) mass is 247 g/mol. The van der Waals surface area contributed by atoms with Crippen molar-refractivity contribution in [3.63, 3.8) is 0 Å². The number of rotatable bonds is 10. The first-order valence-corrected chi connectivity index (χ1v) is 7.75. The molecular weight excluding hydrogens is 218 g/mol. The van der Waals surface area contributed by atoms with Crippen LogP contribution in [-0.4, -0.2) is 4.98 Å². The van der Waals surface area contributed by atoms with E-state index in [2.05, 4.69) is 37.0 Å². The Bertz CT molecular complexity index is 306. The van der Waals surface area contributed by atoms with Gasteiger partial charge in [-0.05, 0) is 31.9 Å². The Morgan fingerprint density at radius 2 is 1.44 bits per heavy atom. The summed E-state index contributed by atoms with van der Waals surface area (Å²) >= 11 is 0. The van der Waals surface area contributed by atoms with E-state index in [1.54, 1.807) is 0 Å². The van der Waals surface area contributed by atoms with Gasteiger partial charge in [-0.15, -0.1) is 0 Å². The van der Waals surface area contributed by atoms with E-state index in [-0.39, 0.29) is 0 Å². The minimum absolute atomic E-state index is 1.14. The Morgan fingerprint density at radius 1 is 0.833 bits per heavy atom. The van der Waals surface area contributed by atoms with E-state index in [0.29, 0.717) is 0 Å². The SMILES string of the molecule is CCCCCCCCCCCc1cccc(C)n1. The van der Waals surface area contributed by atoms with Gasteiger partial charge in [-0.25, -0.2) is 0 Å². The van der Waals surface area contributed by atoms with E-state index in [1.807, 2.05) is 0 Å². The van der Waals surface area contributed by atoms with Gasteiger partial charge in [0.1, 0.15) is 0 Å². The van der Waals surface area contributed by atoms with Gasteiger partial charge in [-0.3, -0.25) is 4.98 Å². The van der Waals surface area contributed by atoms with Gasteiger partial charge in [-0.2, -0.15) is 0 Å². The second-order valence-corrected chi connectivity index (χ2v) is 5.35. The van der Waals surface area contributed by atoms with Gasteiger partial charge in [0.2, 0.25) is 0 Å². The Morgan fingerprint density at radius 3 is 2.06 bits per heavy atom. The van der Waals surface area contributed by atoms with Crippen LogP contribution in [-0.2, 0) is 6.42 Å². The van der Waals surface area contributed by atoms with Crippen LogP contribution in [0.15, 0.2) is 18.2 Å². The highest BCUT2D eigenvalue weighted by molar-refractivity contribution is 5.09. The molecule has 0 saturated heterocycles. The lowest BCUT2D eigenvalue weighted by Crippen LogP contribution is -1.92. The van der Waals surface area contributed by atoms with Crippen LogP contribution in [0.25, 0.3) is 0 Å². The largest absolute Gasteiger partial charge is 0.258 e. The van der Waals surface area contributed by atoms with E-state index < -0.39 is 0 Å². The van der Waals surface area contributed by atoms with Gasteiger partial charge in [0.15, 0.2) is 0 Å². The summed E-state index contributed by atoms with van der Waals surface area (Å²) < 4.78 is 0. The number of hydrogen-bond acceptors (Lipinski definition) is 1. The fourth-order valence-corrected chi connectivity index (χ4v) is 2.36. The summed E-state index contributed by atoms with van der Waals surface area (Å²) in [5.74, 6) is 0. The lowest BCUT2D eigenvalue weighted by atomic mass is 10.1. The molecule has 1 rings (SSSR count). The molecule has 0 aliphatic heterocycles. The maximum Gasteiger partial charge on any atom is 0.0406 e. The smallest absolute Gasteiger partial charge is 0.0406 e. The molecule has 0 unspecified atom stereocenters. The molecule has 0 aliphatic rings. The fourth-order valence-electron chi connectivity index (χ4n) is 2.36. The third-order valence-electron chi connectivity index (χ3n) is 3.48. The fraction of sp³-hybridized carbons (Fsp3) is 0.706. The number of aromatic nitrogens is 1. The van der Waals surface area contributed by atoms with Crippen molar-refractivity contribution in [3.8, 4) is 0 Å². The van der Waals surface area contributed by atoms with Gasteiger partial charge in [-0.1, -0.05) is 64.4 Å². The molecule has 0 saturated carbocycles. The standard InChI is InChI=1S/C17H29N/c1-3-4-5-6-7-8-9-10-11-14-17-15-12-13-16(2)18-17/h12-13,15H,3-11,14H2,1-2H3. The zero-order chi connectivity index (χ0) is 13.1. The molecule has 1 heterocycles. The highest BCUT2D eigenvalue weighted by atomic mass is 14.7. The van der Waals surface area contributed by atoms with Crippen LogP contribution < -0.4 is 0 Å². The van der Waals surface area contributed by atoms with Gasteiger partial charge in [0, 0.05) is 11.4 Å². The Kier molecular flexibility index (Phi) is 8.54. The normalized spacial score (nSPS) is 10.8. The maximum absolute atomic E-state index is 4.54.